The van der Waals surface area contributed by atoms with E-state index >= 15 is 0 Å². The number of hydrogen-bond acceptors (Lipinski definition) is 4. The fraction of sp³-hybridized carbons (Fsp3) is 0.306. The number of rotatable bonds is 10. The number of ether oxygens (including phenoxy) is 2. The first-order valence-electron chi connectivity index (χ1n) is 19.6. The molecule has 0 radical (unpaired) electrons. The fourth-order valence-corrected chi connectivity index (χ4v) is 10.5. The van der Waals surface area contributed by atoms with Crippen LogP contribution in [0.25, 0.3) is 59.2 Å². The van der Waals surface area contributed by atoms with Gasteiger partial charge in [0.25, 0.3) is 0 Å². The zero-order chi connectivity index (χ0) is 37.0. The minimum absolute atomic E-state index is 0.0604. The summed E-state index contributed by atoms with van der Waals surface area (Å²) in [5, 5.41) is 1.25. The van der Waals surface area contributed by atoms with E-state index in [4.69, 9.17) is 9.47 Å². The SMILES string of the molecule is CCCCCCc1ccc(-c2cc3cc(-c4ccc(-c5ccc(C6OCC(C)(C)CO6)s5)s4)ccc3n2-c2ccc3c(c2)C(C)(C)c2ccccc2-3)cc1. The van der Waals surface area contributed by atoms with Crippen molar-refractivity contribution in [3.63, 3.8) is 0 Å². The van der Waals surface area contributed by atoms with E-state index in [2.05, 4.69) is 154 Å². The van der Waals surface area contributed by atoms with Crippen molar-refractivity contribution >= 4 is 33.6 Å². The zero-order valence-electron chi connectivity index (χ0n) is 32.1. The third-order valence-corrected chi connectivity index (χ3v) is 13.9. The maximum absolute atomic E-state index is 6.08. The number of nitrogens with zero attached hydrogens (tertiary/aromatic N) is 1. The molecule has 0 saturated carbocycles. The molecule has 0 amide bonds. The van der Waals surface area contributed by atoms with Crippen LogP contribution in [0.3, 0.4) is 0 Å². The van der Waals surface area contributed by atoms with Gasteiger partial charge in [-0.05, 0) is 106 Å². The summed E-state index contributed by atoms with van der Waals surface area (Å²) in [5.74, 6) is 0. The highest BCUT2D eigenvalue weighted by Crippen LogP contribution is 2.50. The largest absolute Gasteiger partial charge is 0.347 e. The average Bonchev–Trinajstić information content (AvgIpc) is 3.98. The molecule has 4 aromatic carbocycles. The van der Waals surface area contributed by atoms with E-state index in [1.165, 1.54) is 102 Å². The van der Waals surface area contributed by atoms with E-state index in [9.17, 15) is 0 Å². The number of aromatic nitrogens is 1. The van der Waals surface area contributed by atoms with E-state index in [1.54, 1.807) is 11.3 Å². The molecule has 1 aliphatic heterocycles. The summed E-state index contributed by atoms with van der Waals surface area (Å²) in [4.78, 5) is 4.93. The summed E-state index contributed by atoms with van der Waals surface area (Å²) in [6, 6.07) is 43.7. The van der Waals surface area contributed by atoms with E-state index < -0.39 is 0 Å². The Morgan fingerprint density at radius 3 is 2.19 bits per heavy atom. The van der Waals surface area contributed by atoms with Crippen molar-refractivity contribution in [2.75, 3.05) is 13.2 Å². The monoisotopic (exact) mass is 747 g/mol. The quantitative estimate of drug-likeness (QED) is 0.130. The van der Waals surface area contributed by atoms with Crippen molar-refractivity contribution in [1.82, 2.24) is 4.57 Å². The Bertz CT molecular complexity index is 2450. The van der Waals surface area contributed by atoms with E-state index in [1.807, 2.05) is 11.3 Å². The lowest BCUT2D eigenvalue weighted by atomic mass is 9.82. The third-order valence-electron chi connectivity index (χ3n) is 11.4. The maximum Gasteiger partial charge on any atom is 0.193 e. The molecule has 2 aliphatic rings. The number of benzene rings is 4. The number of aryl methyl sites for hydroxylation is 1. The maximum atomic E-state index is 6.08. The number of hydrogen-bond donors (Lipinski definition) is 0. The molecule has 5 heteroatoms. The molecule has 274 valence electrons. The molecular formula is C49H49NO2S2. The summed E-state index contributed by atoms with van der Waals surface area (Å²) in [6.07, 6.45) is 6.01. The van der Waals surface area contributed by atoms with Gasteiger partial charge in [0.2, 0.25) is 0 Å². The Labute approximate surface area is 328 Å². The van der Waals surface area contributed by atoms with Gasteiger partial charge in [-0.15, -0.1) is 22.7 Å². The lowest BCUT2D eigenvalue weighted by Crippen LogP contribution is -2.33. The van der Waals surface area contributed by atoms with Gasteiger partial charge in [-0.3, -0.25) is 0 Å². The van der Waals surface area contributed by atoms with Crippen molar-refractivity contribution in [3.8, 4) is 48.3 Å². The Balaban J connectivity index is 1.07. The molecule has 9 rings (SSSR count). The highest BCUT2D eigenvalue weighted by Gasteiger charge is 2.35. The molecule has 1 fully saturated rings. The van der Waals surface area contributed by atoms with Gasteiger partial charge in [-0.2, -0.15) is 0 Å². The minimum Gasteiger partial charge on any atom is -0.347 e. The van der Waals surface area contributed by atoms with Crippen molar-refractivity contribution in [2.24, 2.45) is 5.41 Å². The molecule has 0 N–H and O–H groups in total. The molecule has 0 spiro atoms. The molecule has 0 unspecified atom stereocenters. The summed E-state index contributed by atoms with van der Waals surface area (Å²) < 4.78 is 14.7. The average molecular weight is 748 g/mol. The van der Waals surface area contributed by atoms with Gasteiger partial charge in [0.15, 0.2) is 6.29 Å². The van der Waals surface area contributed by atoms with Crippen LogP contribution in [0.4, 0.5) is 0 Å². The van der Waals surface area contributed by atoms with Crippen molar-refractivity contribution in [2.45, 2.75) is 78.4 Å². The molecule has 0 atom stereocenters. The second kappa shape index (κ2) is 14.1. The molecule has 54 heavy (non-hydrogen) atoms. The zero-order valence-corrected chi connectivity index (χ0v) is 33.7. The number of fused-ring (bicyclic) bond motifs is 4. The third kappa shape index (κ3) is 6.49. The van der Waals surface area contributed by atoms with Gasteiger partial charge in [-0.25, -0.2) is 0 Å². The van der Waals surface area contributed by atoms with E-state index in [-0.39, 0.29) is 17.1 Å². The van der Waals surface area contributed by atoms with Gasteiger partial charge in [0.1, 0.15) is 0 Å². The van der Waals surface area contributed by atoms with Crippen molar-refractivity contribution in [1.29, 1.82) is 0 Å². The standard InChI is InChI=1S/C49H49NO2S2/c1-6-7-8-9-12-32-15-17-33(18-16-32)42-28-35-27-34(43-23-24-44(53-43)45-25-26-46(54-45)47-51-30-48(2,3)31-52-47)19-22-41(35)50(42)36-20-21-38-37-13-10-11-14-39(37)49(4,5)40(38)29-36/h10-11,13-29,47H,6-9,12,30-31H2,1-5H3. The van der Waals surface area contributed by atoms with Crippen LogP contribution < -0.4 is 0 Å². The van der Waals surface area contributed by atoms with Gasteiger partial charge < -0.3 is 14.0 Å². The van der Waals surface area contributed by atoms with E-state index in [0.29, 0.717) is 13.2 Å². The van der Waals surface area contributed by atoms with E-state index in [0.717, 1.165) is 11.3 Å². The topological polar surface area (TPSA) is 23.4 Å². The smallest absolute Gasteiger partial charge is 0.193 e. The van der Waals surface area contributed by atoms with Gasteiger partial charge >= 0.3 is 0 Å². The van der Waals surface area contributed by atoms with Crippen LogP contribution in [-0.4, -0.2) is 17.8 Å². The highest BCUT2D eigenvalue weighted by atomic mass is 32.1. The van der Waals surface area contributed by atoms with Crippen molar-refractivity contribution < 1.29 is 9.47 Å². The Morgan fingerprint density at radius 2 is 1.37 bits per heavy atom. The summed E-state index contributed by atoms with van der Waals surface area (Å²) in [6.45, 7) is 12.8. The molecule has 4 heterocycles. The van der Waals surface area contributed by atoms with Crippen molar-refractivity contribution in [3.05, 3.63) is 137 Å². The van der Waals surface area contributed by atoms with Crippen LogP contribution in [0.5, 0.6) is 0 Å². The highest BCUT2D eigenvalue weighted by molar-refractivity contribution is 7.23. The van der Waals surface area contributed by atoms with Crippen LogP contribution in [0, 0.1) is 5.41 Å². The van der Waals surface area contributed by atoms with Gasteiger partial charge in [-0.1, -0.05) is 115 Å². The first-order chi connectivity index (χ1) is 26.2. The van der Waals surface area contributed by atoms with Crippen LogP contribution in [0.1, 0.15) is 88.2 Å². The Kier molecular flexibility index (Phi) is 9.26. The summed E-state index contributed by atoms with van der Waals surface area (Å²) in [5.41, 5.74) is 13.1. The molecule has 1 saturated heterocycles. The second-order valence-electron chi connectivity index (χ2n) is 16.5. The first kappa shape index (κ1) is 35.4. The molecule has 3 aromatic heterocycles. The summed E-state index contributed by atoms with van der Waals surface area (Å²) in [7, 11) is 0. The number of thiophene rings is 2. The fourth-order valence-electron chi connectivity index (χ4n) is 8.38. The molecule has 3 nitrogen and oxygen atoms in total. The lowest BCUT2D eigenvalue weighted by Gasteiger charge is -2.34. The van der Waals surface area contributed by atoms with Crippen LogP contribution in [0.15, 0.2) is 115 Å². The Hall–Kier alpha value is -4.26. The van der Waals surface area contributed by atoms with Crippen LogP contribution >= 0.6 is 22.7 Å². The minimum atomic E-state index is -0.272. The molecule has 7 aromatic rings. The Morgan fingerprint density at radius 1 is 0.648 bits per heavy atom. The van der Waals surface area contributed by atoms with Gasteiger partial charge in [0.05, 0.1) is 29.3 Å². The van der Waals surface area contributed by atoms with Crippen LogP contribution in [-0.2, 0) is 21.3 Å². The molecule has 0 bridgehead atoms. The first-order valence-corrected chi connectivity index (χ1v) is 21.2. The van der Waals surface area contributed by atoms with Gasteiger partial charge in [0, 0.05) is 36.5 Å². The predicted molar refractivity (Wildman–Crippen MR) is 229 cm³/mol. The molecule has 1 aliphatic carbocycles. The number of unbranched alkanes of at least 4 members (excludes halogenated alkanes) is 3. The molecular weight excluding hydrogens is 699 g/mol. The summed E-state index contributed by atoms with van der Waals surface area (Å²) >= 11 is 3.62. The lowest BCUT2D eigenvalue weighted by molar-refractivity contribution is -0.224. The predicted octanol–water partition coefficient (Wildman–Crippen LogP) is 14.3. The normalized spacial score (nSPS) is 16.2. The second-order valence-corrected chi connectivity index (χ2v) is 18.7. The van der Waals surface area contributed by atoms with Crippen LogP contribution in [0.2, 0.25) is 0 Å².